The number of unbranched alkanes of at least 4 members (excludes halogenated alkanes) is 1. The Morgan fingerprint density at radius 3 is 1.95 bits per heavy atom. The molecule has 0 spiro atoms. The van der Waals surface area contributed by atoms with Gasteiger partial charge in [0.05, 0.1) is 6.42 Å². The quantitative estimate of drug-likeness (QED) is 0.0359. The number of carboxylic acids is 2. The molecule has 1 aliphatic heterocycles. The van der Waals surface area contributed by atoms with Crippen molar-refractivity contribution in [3.05, 3.63) is 0 Å². The molecule has 1 rings (SSSR count). The van der Waals surface area contributed by atoms with Gasteiger partial charge in [-0.05, 0) is 51.0 Å². The summed E-state index contributed by atoms with van der Waals surface area (Å²) in [4.78, 5) is 90.8. The molecule has 0 aliphatic carbocycles. The number of aliphatic imine (C=N–C) groups is 1. The SMILES string of the molecule is CC(C)C(NC(=O)C(CC(=O)O)NC(=O)C(CCCCN)NC(=O)C(CCCN=C(N)N)NC(=O)C1CCC(=O)N1)C(=O)O. The van der Waals surface area contributed by atoms with E-state index in [2.05, 4.69) is 31.6 Å². The molecule has 18 heteroatoms. The Morgan fingerprint density at radius 2 is 1.45 bits per heavy atom. The average Bonchev–Trinajstić information content (AvgIpc) is 3.37. The smallest absolute Gasteiger partial charge is 0.326 e. The lowest BCUT2D eigenvalue weighted by molar-refractivity contribution is -0.144. The Balaban J connectivity index is 3.15. The molecule has 0 radical (unpaired) electrons. The summed E-state index contributed by atoms with van der Waals surface area (Å²) >= 11 is 0. The summed E-state index contributed by atoms with van der Waals surface area (Å²) < 4.78 is 0. The van der Waals surface area contributed by atoms with Crippen LogP contribution in [-0.4, -0.2) is 101 Å². The Kier molecular flexibility index (Phi) is 16.2. The predicted molar refractivity (Wildman–Crippen MR) is 156 cm³/mol. The van der Waals surface area contributed by atoms with Crippen LogP contribution in [0.3, 0.4) is 0 Å². The zero-order valence-corrected chi connectivity index (χ0v) is 25.0. The summed E-state index contributed by atoms with van der Waals surface area (Å²) in [5, 5.41) is 30.9. The van der Waals surface area contributed by atoms with Crippen LogP contribution in [0.15, 0.2) is 4.99 Å². The molecular formula is C26H45N9O9. The second kappa shape index (κ2) is 18.9. The molecule has 5 amide bonds. The summed E-state index contributed by atoms with van der Waals surface area (Å²) in [6.45, 7) is 3.51. The third-order valence-corrected chi connectivity index (χ3v) is 6.71. The third-order valence-electron chi connectivity index (χ3n) is 6.71. The highest BCUT2D eigenvalue weighted by molar-refractivity contribution is 5.97. The van der Waals surface area contributed by atoms with Crippen LogP contribution < -0.4 is 43.8 Å². The molecule has 13 N–H and O–H groups in total. The largest absolute Gasteiger partial charge is 0.481 e. The van der Waals surface area contributed by atoms with Gasteiger partial charge in [-0.3, -0.25) is 33.8 Å². The Morgan fingerprint density at radius 1 is 0.886 bits per heavy atom. The van der Waals surface area contributed by atoms with Gasteiger partial charge in [-0.15, -0.1) is 0 Å². The van der Waals surface area contributed by atoms with Crippen molar-refractivity contribution in [3.8, 4) is 0 Å². The van der Waals surface area contributed by atoms with Gasteiger partial charge in [0.15, 0.2) is 5.96 Å². The number of carboxylic acid groups (broad SMARTS) is 2. The van der Waals surface area contributed by atoms with Gasteiger partial charge in [0.2, 0.25) is 29.5 Å². The van der Waals surface area contributed by atoms with Crippen molar-refractivity contribution in [2.45, 2.75) is 95.4 Å². The van der Waals surface area contributed by atoms with Crippen molar-refractivity contribution < 1.29 is 43.8 Å². The lowest BCUT2D eigenvalue weighted by Gasteiger charge is -2.26. The normalized spacial score (nSPS) is 16.9. The summed E-state index contributed by atoms with van der Waals surface area (Å²) in [5.74, 6) is -7.08. The van der Waals surface area contributed by atoms with Crippen LogP contribution in [0.1, 0.15) is 65.2 Å². The standard InChI is InChI=1S/C26H45N9O9/c1-13(2)20(25(43)44)35-24(42)17(12-19(37)38)34-22(40)14(6-3-4-10-27)32-21(39)15(7-5-11-30-26(28)29)33-23(41)16-8-9-18(36)31-16/h13-17,20H,3-12,27H2,1-2H3,(H,31,36)(H,32,39)(H,33,41)(H,34,40)(H,35,42)(H,37,38)(H,43,44)(H4,28,29,30). The number of amides is 5. The Labute approximate surface area is 254 Å². The number of carbonyl (C=O) groups excluding carboxylic acids is 5. The minimum absolute atomic E-state index is 0.0489. The average molecular weight is 628 g/mol. The van der Waals surface area contributed by atoms with Crippen LogP contribution >= 0.6 is 0 Å². The highest BCUT2D eigenvalue weighted by atomic mass is 16.4. The topological polar surface area (TPSA) is 311 Å². The van der Waals surface area contributed by atoms with Crippen LogP contribution in [0.25, 0.3) is 0 Å². The van der Waals surface area contributed by atoms with E-state index in [1.54, 1.807) is 13.8 Å². The van der Waals surface area contributed by atoms with Crippen molar-refractivity contribution in [3.63, 3.8) is 0 Å². The fourth-order valence-electron chi connectivity index (χ4n) is 4.31. The number of aliphatic carboxylic acids is 2. The van der Waals surface area contributed by atoms with E-state index in [-0.39, 0.29) is 57.1 Å². The van der Waals surface area contributed by atoms with Gasteiger partial charge < -0.3 is 54.0 Å². The van der Waals surface area contributed by atoms with Crippen LogP contribution in [-0.2, 0) is 33.6 Å². The van der Waals surface area contributed by atoms with Crippen molar-refractivity contribution in [1.82, 2.24) is 26.6 Å². The Bertz CT molecular complexity index is 1080. The molecule has 0 aromatic carbocycles. The number of hydrogen-bond donors (Lipinski definition) is 10. The second-order valence-electron chi connectivity index (χ2n) is 10.7. The number of rotatable bonds is 20. The molecule has 5 atom stereocenters. The molecule has 0 saturated carbocycles. The molecular weight excluding hydrogens is 582 g/mol. The number of carbonyl (C=O) groups is 7. The summed E-state index contributed by atoms with van der Waals surface area (Å²) in [5.41, 5.74) is 16.2. The summed E-state index contributed by atoms with van der Waals surface area (Å²) in [7, 11) is 0. The van der Waals surface area contributed by atoms with E-state index in [4.69, 9.17) is 17.2 Å². The molecule has 1 fully saturated rings. The zero-order valence-electron chi connectivity index (χ0n) is 25.0. The van der Waals surface area contributed by atoms with Crippen molar-refractivity contribution >= 4 is 47.4 Å². The van der Waals surface area contributed by atoms with Gasteiger partial charge >= 0.3 is 11.9 Å². The van der Waals surface area contributed by atoms with E-state index >= 15 is 0 Å². The van der Waals surface area contributed by atoms with Crippen LogP contribution in [0.2, 0.25) is 0 Å². The number of hydrogen-bond acceptors (Lipinski definition) is 9. The number of nitrogens with one attached hydrogen (secondary N) is 5. The van der Waals surface area contributed by atoms with E-state index in [1.807, 2.05) is 0 Å². The maximum atomic E-state index is 13.4. The fourth-order valence-corrected chi connectivity index (χ4v) is 4.31. The van der Waals surface area contributed by atoms with Gasteiger partial charge in [-0.2, -0.15) is 0 Å². The maximum Gasteiger partial charge on any atom is 0.326 e. The molecule has 0 aromatic heterocycles. The highest BCUT2D eigenvalue weighted by Crippen LogP contribution is 2.10. The minimum atomic E-state index is -1.66. The van der Waals surface area contributed by atoms with E-state index < -0.39 is 78.1 Å². The van der Waals surface area contributed by atoms with Gasteiger partial charge in [0.1, 0.15) is 30.2 Å². The number of nitrogens with two attached hydrogens (primary N) is 3. The Hall–Kier alpha value is -4.48. The van der Waals surface area contributed by atoms with Gasteiger partial charge in [-0.25, -0.2) is 4.79 Å². The van der Waals surface area contributed by atoms with Crippen LogP contribution in [0, 0.1) is 5.92 Å². The maximum absolute atomic E-state index is 13.4. The first-order valence-corrected chi connectivity index (χ1v) is 14.4. The van der Waals surface area contributed by atoms with E-state index in [0.29, 0.717) is 12.8 Å². The fraction of sp³-hybridized carbons (Fsp3) is 0.692. The van der Waals surface area contributed by atoms with E-state index in [9.17, 15) is 43.8 Å². The molecule has 44 heavy (non-hydrogen) atoms. The first-order chi connectivity index (χ1) is 20.7. The van der Waals surface area contributed by atoms with Crippen LogP contribution in [0.5, 0.6) is 0 Å². The predicted octanol–water partition coefficient (Wildman–Crippen LogP) is -3.40. The molecule has 0 aromatic rings. The first-order valence-electron chi connectivity index (χ1n) is 14.4. The monoisotopic (exact) mass is 627 g/mol. The molecule has 1 saturated heterocycles. The molecule has 18 nitrogen and oxygen atoms in total. The first kappa shape index (κ1) is 37.5. The molecule has 0 bridgehead atoms. The molecule has 248 valence electrons. The molecule has 1 heterocycles. The summed E-state index contributed by atoms with van der Waals surface area (Å²) in [6.07, 6.45) is 0.750. The van der Waals surface area contributed by atoms with E-state index in [1.165, 1.54) is 0 Å². The van der Waals surface area contributed by atoms with Crippen molar-refractivity contribution in [2.75, 3.05) is 13.1 Å². The van der Waals surface area contributed by atoms with Crippen LogP contribution in [0.4, 0.5) is 0 Å². The molecule has 5 unspecified atom stereocenters. The third kappa shape index (κ3) is 13.7. The second-order valence-corrected chi connectivity index (χ2v) is 10.7. The van der Waals surface area contributed by atoms with Gasteiger partial charge in [0, 0.05) is 13.0 Å². The van der Waals surface area contributed by atoms with Gasteiger partial charge in [0.25, 0.3) is 0 Å². The number of guanidine groups is 1. The summed E-state index contributed by atoms with van der Waals surface area (Å²) in [6, 6.07) is -6.28. The highest BCUT2D eigenvalue weighted by Gasteiger charge is 2.34. The zero-order chi connectivity index (χ0) is 33.4. The van der Waals surface area contributed by atoms with E-state index in [0.717, 1.165) is 0 Å². The number of nitrogens with zero attached hydrogens (tertiary/aromatic N) is 1. The lowest BCUT2D eigenvalue weighted by Crippen LogP contribution is -2.59. The van der Waals surface area contributed by atoms with Crippen molar-refractivity contribution in [2.24, 2.45) is 28.1 Å². The van der Waals surface area contributed by atoms with Crippen molar-refractivity contribution in [1.29, 1.82) is 0 Å². The molecule has 1 aliphatic rings. The minimum Gasteiger partial charge on any atom is -0.481 e. The lowest BCUT2D eigenvalue weighted by atomic mass is 10.0. The van der Waals surface area contributed by atoms with Gasteiger partial charge in [-0.1, -0.05) is 13.8 Å².